The summed E-state index contributed by atoms with van der Waals surface area (Å²) in [6.07, 6.45) is 1.42. The Bertz CT molecular complexity index is 73.3. The average molecular weight is 104 g/mol. The van der Waals surface area contributed by atoms with E-state index in [2.05, 4.69) is 4.99 Å². The third-order valence-corrected chi connectivity index (χ3v) is 0.673. The Balaban J connectivity index is 0.000000360. The molecule has 4 heteroatoms. The smallest absolute Gasteiger partial charge is 0.110 e. The van der Waals surface area contributed by atoms with Gasteiger partial charge in [0.25, 0.3) is 0 Å². The van der Waals surface area contributed by atoms with Crippen molar-refractivity contribution in [3.05, 3.63) is 0 Å². The van der Waals surface area contributed by atoms with Crippen LogP contribution in [0, 0.1) is 0 Å². The molecule has 0 spiro atoms. The van der Waals surface area contributed by atoms with Gasteiger partial charge in [-0.05, 0) is 0 Å². The first kappa shape index (κ1) is 6.39. The third kappa shape index (κ3) is 1.52. The van der Waals surface area contributed by atoms with Crippen LogP contribution < -0.4 is 0 Å². The van der Waals surface area contributed by atoms with Crippen molar-refractivity contribution >= 4 is 6.34 Å². The van der Waals surface area contributed by atoms with Crippen molar-refractivity contribution in [1.82, 2.24) is 5.06 Å². The van der Waals surface area contributed by atoms with Gasteiger partial charge in [-0.3, -0.25) is 10.2 Å². The Morgan fingerprint density at radius 1 is 1.71 bits per heavy atom. The highest BCUT2D eigenvalue weighted by atomic mass is 16.5. The molecule has 0 aromatic carbocycles. The lowest BCUT2D eigenvalue weighted by atomic mass is 10.7. The van der Waals surface area contributed by atoms with E-state index >= 15 is 0 Å². The molecule has 0 fully saturated rings. The van der Waals surface area contributed by atoms with E-state index in [9.17, 15) is 0 Å². The lowest BCUT2D eigenvalue weighted by molar-refractivity contribution is 0.00310. The van der Waals surface area contributed by atoms with Crippen molar-refractivity contribution in [3.63, 3.8) is 0 Å². The molecule has 0 bridgehead atoms. The Labute approximate surface area is 41.3 Å². The first-order chi connectivity index (χ1) is 2.89. The lowest BCUT2D eigenvalue weighted by Crippen LogP contribution is -2.12. The molecule has 42 valence electrons. The van der Waals surface area contributed by atoms with Gasteiger partial charge in [0, 0.05) is 0 Å². The van der Waals surface area contributed by atoms with Gasteiger partial charge in [-0.1, -0.05) is 0 Å². The molecular formula is C3H8N2O2. The Hall–Kier alpha value is -0.610. The molecule has 1 heterocycles. The quantitative estimate of drug-likeness (QED) is 0.423. The summed E-state index contributed by atoms with van der Waals surface area (Å²) in [5.74, 6) is 0. The molecule has 0 unspecified atom stereocenters. The predicted octanol–water partition coefficient (Wildman–Crippen LogP) is -1.11. The molecule has 0 aromatic rings. The Kier molecular flexibility index (Phi) is 2.32. The summed E-state index contributed by atoms with van der Waals surface area (Å²) in [6, 6.07) is 0. The van der Waals surface area contributed by atoms with Gasteiger partial charge < -0.3 is 5.48 Å². The van der Waals surface area contributed by atoms with E-state index in [1.807, 2.05) is 0 Å². The Morgan fingerprint density at radius 3 is 2.57 bits per heavy atom. The molecule has 0 aromatic heterocycles. The van der Waals surface area contributed by atoms with Crippen molar-refractivity contribution in [2.24, 2.45) is 4.99 Å². The molecule has 1 aliphatic heterocycles. The maximum absolute atomic E-state index is 8.41. The fraction of sp³-hybridized carbons (Fsp3) is 0.667. The van der Waals surface area contributed by atoms with Crippen molar-refractivity contribution in [2.45, 2.75) is 0 Å². The molecule has 0 amide bonds. The zero-order valence-corrected chi connectivity index (χ0v) is 3.83. The van der Waals surface area contributed by atoms with E-state index in [1.165, 1.54) is 6.34 Å². The zero-order valence-electron chi connectivity index (χ0n) is 3.83. The maximum Gasteiger partial charge on any atom is 0.110 e. The fourth-order valence-corrected chi connectivity index (χ4v) is 0.370. The molecule has 7 heavy (non-hydrogen) atoms. The second-order valence-electron chi connectivity index (χ2n) is 1.18. The van der Waals surface area contributed by atoms with E-state index < -0.39 is 0 Å². The van der Waals surface area contributed by atoms with Gasteiger partial charge in [-0.2, -0.15) is 0 Å². The number of hydrogen-bond donors (Lipinski definition) is 1. The second kappa shape index (κ2) is 2.54. The van der Waals surface area contributed by atoms with E-state index in [4.69, 9.17) is 5.21 Å². The summed E-state index contributed by atoms with van der Waals surface area (Å²) in [5, 5.41) is 9.48. The number of rotatable bonds is 0. The fourth-order valence-electron chi connectivity index (χ4n) is 0.370. The van der Waals surface area contributed by atoms with Crippen molar-refractivity contribution in [3.8, 4) is 0 Å². The predicted molar refractivity (Wildman–Crippen MR) is 25.5 cm³/mol. The van der Waals surface area contributed by atoms with E-state index in [0.29, 0.717) is 6.54 Å². The van der Waals surface area contributed by atoms with E-state index in [0.717, 1.165) is 11.6 Å². The normalized spacial score (nSPS) is 17.0. The number of hydrogen-bond acceptors (Lipinski definition) is 3. The SMILES string of the molecule is O.ON1C=NCC1. The van der Waals surface area contributed by atoms with Gasteiger partial charge in [0.2, 0.25) is 0 Å². The topological polar surface area (TPSA) is 67.3 Å². The highest BCUT2D eigenvalue weighted by Crippen LogP contribution is 1.83. The van der Waals surface area contributed by atoms with Gasteiger partial charge in [-0.15, -0.1) is 0 Å². The zero-order chi connectivity index (χ0) is 4.41. The first-order valence-electron chi connectivity index (χ1n) is 1.85. The highest BCUT2D eigenvalue weighted by molar-refractivity contribution is 5.54. The van der Waals surface area contributed by atoms with Crippen LogP contribution in [0.15, 0.2) is 4.99 Å². The summed E-state index contributed by atoms with van der Waals surface area (Å²) < 4.78 is 0. The molecule has 0 radical (unpaired) electrons. The van der Waals surface area contributed by atoms with Crippen LogP contribution in [0.25, 0.3) is 0 Å². The minimum Gasteiger partial charge on any atom is -0.412 e. The monoisotopic (exact) mass is 104 g/mol. The van der Waals surface area contributed by atoms with Crippen molar-refractivity contribution in [2.75, 3.05) is 13.1 Å². The largest absolute Gasteiger partial charge is 0.412 e. The molecule has 3 N–H and O–H groups in total. The van der Waals surface area contributed by atoms with Crippen LogP contribution in [-0.2, 0) is 0 Å². The molecule has 1 rings (SSSR count). The van der Waals surface area contributed by atoms with Crippen LogP contribution >= 0.6 is 0 Å². The number of hydroxylamine groups is 2. The van der Waals surface area contributed by atoms with Crippen LogP contribution in [0.2, 0.25) is 0 Å². The van der Waals surface area contributed by atoms with Crippen molar-refractivity contribution in [1.29, 1.82) is 0 Å². The molecule has 4 nitrogen and oxygen atoms in total. The van der Waals surface area contributed by atoms with Crippen molar-refractivity contribution < 1.29 is 10.7 Å². The summed E-state index contributed by atoms with van der Waals surface area (Å²) in [7, 11) is 0. The van der Waals surface area contributed by atoms with E-state index in [1.54, 1.807) is 0 Å². The molecule has 0 aliphatic carbocycles. The minimum absolute atomic E-state index is 0. The molecule has 1 aliphatic rings. The lowest BCUT2D eigenvalue weighted by Gasteiger charge is -1.97. The number of aliphatic imine (C=N–C) groups is 1. The third-order valence-electron chi connectivity index (χ3n) is 0.673. The van der Waals surface area contributed by atoms with Crippen LogP contribution in [0.4, 0.5) is 0 Å². The minimum atomic E-state index is 0. The molecule has 0 saturated carbocycles. The standard InChI is InChI=1S/C3H6N2O.H2O/c6-5-2-1-4-3-5;/h3,6H,1-2H2;1H2. The highest BCUT2D eigenvalue weighted by Gasteiger charge is 1.96. The van der Waals surface area contributed by atoms with Gasteiger partial charge in [0.15, 0.2) is 0 Å². The Morgan fingerprint density at radius 2 is 2.43 bits per heavy atom. The summed E-state index contributed by atoms with van der Waals surface area (Å²) in [4.78, 5) is 3.72. The van der Waals surface area contributed by atoms with Crippen LogP contribution in [0.5, 0.6) is 0 Å². The van der Waals surface area contributed by atoms with Crippen LogP contribution in [0.1, 0.15) is 0 Å². The average Bonchev–Trinajstić information content (AvgIpc) is 1.86. The second-order valence-corrected chi connectivity index (χ2v) is 1.18. The number of nitrogens with zero attached hydrogens (tertiary/aromatic N) is 2. The summed E-state index contributed by atoms with van der Waals surface area (Å²) >= 11 is 0. The molecular weight excluding hydrogens is 96.0 g/mol. The van der Waals surface area contributed by atoms with Crippen LogP contribution in [0.3, 0.4) is 0 Å². The van der Waals surface area contributed by atoms with Gasteiger partial charge in [0.1, 0.15) is 6.34 Å². The first-order valence-corrected chi connectivity index (χ1v) is 1.85. The summed E-state index contributed by atoms with van der Waals surface area (Å²) in [5.41, 5.74) is 0. The maximum atomic E-state index is 8.41. The van der Waals surface area contributed by atoms with Gasteiger partial charge in [-0.25, -0.2) is 5.06 Å². The van der Waals surface area contributed by atoms with E-state index in [-0.39, 0.29) is 5.48 Å². The molecule has 0 saturated heterocycles. The van der Waals surface area contributed by atoms with Gasteiger partial charge in [0.05, 0.1) is 13.1 Å². The molecule has 0 atom stereocenters. The summed E-state index contributed by atoms with van der Waals surface area (Å²) in [6.45, 7) is 1.39. The van der Waals surface area contributed by atoms with Gasteiger partial charge >= 0.3 is 0 Å². The van der Waals surface area contributed by atoms with Crippen LogP contribution in [-0.4, -0.2) is 35.2 Å².